The Balaban J connectivity index is 2.17. The Bertz CT molecular complexity index is 844. The van der Waals surface area contributed by atoms with Crippen LogP contribution in [0.4, 0.5) is 0 Å². The Morgan fingerprint density at radius 3 is 2.64 bits per heavy atom. The van der Waals surface area contributed by atoms with Crippen LogP contribution in [0.25, 0.3) is 6.08 Å². The van der Waals surface area contributed by atoms with E-state index in [-0.39, 0.29) is 12.4 Å². The van der Waals surface area contributed by atoms with Crippen LogP contribution < -0.4 is 0 Å². The number of Topliss-reactive ketones (excluding diaryl/α,β-unsaturated/α-hetero) is 1. The number of hydrogen-bond donors (Lipinski definition) is 0. The van der Waals surface area contributed by atoms with Gasteiger partial charge in [0.2, 0.25) is 0 Å². The van der Waals surface area contributed by atoms with Crippen LogP contribution in [0.3, 0.4) is 0 Å². The molecular weight excluding hydrogens is 387 g/mol. The molecule has 0 aliphatic heterocycles. The molecule has 2 rings (SSSR count). The molecule has 0 unspecified atom stereocenters. The van der Waals surface area contributed by atoms with Gasteiger partial charge < -0.3 is 4.74 Å². The van der Waals surface area contributed by atoms with Gasteiger partial charge in [0.15, 0.2) is 5.78 Å². The van der Waals surface area contributed by atoms with E-state index in [0.29, 0.717) is 33.0 Å². The summed E-state index contributed by atoms with van der Waals surface area (Å²) in [6.07, 6.45) is 2.71. The number of aromatic nitrogens is 2. The van der Waals surface area contributed by atoms with Crippen LogP contribution in [-0.2, 0) is 20.9 Å². The van der Waals surface area contributed by atoms with Gasteiger partial charge in [-0.05, 0) is 37.6 Å². The molecule has 25 heavy (non-hydrogen) atoms. The highest BCUT2D eigenvalue weighted by Gasteiger charge is 2.13. The molecule has 5 nitrogen and oxygen atoms in total. The quantitative estimate of drug-likeness (QED) is 0.533. The number of carbonyl (C=O) groups is 2. The number of rotatable bonds is 6. The van der Waals surface area contributed by atoms with Crippen molar-refractivity contribution in [2.45, 2.75) is 20.4 Å². The second kappa shape index (κ2) is 8.52. The summed E-state index contributed by atoms with van der Waals surface area (Å²) < 4.78 is 6.33. The monoisotopic (exact) mass is 400 g/mol. The third-order valence-electron chi connectivity index (χ3n) is 3.25. The van der Waals surface area contributed by atoms with E-state index >= 15 is 0 Å². The molecule has 0 saturated heterocycles. The fourth-order valence-corrected chi connectivity index (χ4v) is 2.81. The van der Waals surface area contributed by atoms with Crippen molar-refractivity contribution >= 4 is 52.6 Å². The standard InChI is InChI=1S/C17H15Cl3N2O3/c1-10(23)9-25-16(24)6-5-14-11(2)21-22(17(14)20)8-12-3-4-13(18)7-15(12)19/h3-7H,8-9H2,1-2H3/b6-5+. The number of aryl methyl sites for hydroxylation is 1. The van der Waals surface area contributed by atoms with Crippen molar-refractivity contribution < 1.29 is 14.3 Å². The first kappa shape index (κ1) is 19.5. The van der Waals surface area contributed by atoms with Crippen molar-refractivity contribution in [3.05, 3.63) is 56.3 Å². The molecule has 1 aromatic heterocycles. The highest BCUT2D eigenvalue weighted by Crippen LogP contribution is 2.26. The van der Waals surface area contributed by atoms with Crippen molar-refractivity contribution in [2.75, 3.05) is 6.61 Å². The van der Waals surface area contributed by atoms with Gasteiger partial charge in [0, 0.05) is 21.7 Å². The Morgan fingerprint density at radius 1 is 1.28 bits per heavy atom. The van der Waals surface area contributed by atoms with Crippen LogP contribution in [0.1, 0.15) is 23.7 Å². The summed E-state index contributed by atoms with van der Waals surface area (Å²) in [6.45, 7) is 3.21. The number of esters is 1. The maximum atomic E-state index is 11.6. The Morgan fingerprint density at radius 2 is 2.00 bits per heavy atom. The molecule has 0 bridgehead atoms. The van der Waals surface area contributed by atoms with Crippen LogP contribution in [0.15, 0.2) is 24.3 Å². The van der Waals surface area contributed by atoms with Crippen LogP contribution in [0.2, 0.25) is 15.2 Å². The maximum absolute atomic E-state index is 11.6. The molecule has 0 radical (unpaired) electrons. The van der Waals surface area contributed by atoms with Gasteiger partial charge in [-0.25, -0.2) is 9.48 Å². The number of nitrogens with zero attached hydrogens (tertiary/aromatic N) is 2. The van der Waals surface area contributed by atoms with Crippen molar-refractivity contribution in [3.8, 4) is 0 Å². The van der Waals surface area contributed by atoms with Crippen LogP contribution in [0.5, 0.6) is 0 Å². The molecule has 0 spiro atoms. The summed E-state index contributed by atoms with van der Waals surface area (Å²) in [5.74, 6) is -0.859. The van der Waals surface area contributed by atoms with E-state index in [9.17, 15) is 9.59 Å². The molecule has 0 fully saturated rings. The molecule has 0 aliphatic carbocycles. The third-order valence-corrected chi connectivity index (χ3v) is 4.23. The number of carbonyl (C=O) groups excluding carboxylic acids is 2. The van der Waals surface area contributed by atoms with Crippen molar-refractivity contribution in [2.24, 2.45) is 0 Å². The molecule has 0 N–H and O–H groups in total. The molecule has 2 aromatic rings. The van der Waals surface area contributed by atoms with Crippen molar-refractivity contribution in [1.82, 2.24) is 9.78 Å². The smallest absolute Gasteiger partial charge is 0.331 e. The molecule has 1 aromatic carbocycles. The van der Waals surface area contributed by atoms with Gasteiger partial charge in [-0.15, -0.1) is 0 Å². The first-order valence-corrected chi connectivity index (χ1v) is 8.42. The van der Waals surface area contributed by atoms with Gasteiger partial charge in [-0.1, -0.05) is 40.9 Å². The topological polar surface area (TPSA) is 61.2 Å². The van der Waals surface area contributed by atoms with E-state index in [2.05, 4.69) is 5.10 Å². The van der Waals surface area contributed by atoms with Gasteiger partial charge in [-0.3, -0.25) is 4.79 Å². The molecule has 0 aliphatic rings. The zero-order chi connectivity index (χ0) is 18.6. The molecule has 1 heterocycles. The predicted octanol–water partition coefficient (Wildman–Crippen LogP) is 4.35. The number of ketones is 1. The zero-order valence-electron chi connectivity index (χ0n) is 13.6. The molecule has 0 saturated carbocycles. The average molecular weight is 402 g/mol. The number of ether oxygens (including phenoxy) is 1. The van der Waals surface area contributed by atoms with Crippen LogP contribution in [0, 0.1) is 6.92 Å². The third kappa shape index (κ3) is 5.33. The second-order valence-corrected chi connectivity index (χ2v) is 6.53. The fourth-order valence-electron chi connectivity index (χ4n) is 2.04. The number of benzene rings is 1. The van der Waals surface area contributed by atoms with Gasteiger partial charge in [0.1, 0.15) is 11.8 Å². The lowest BCUT2D eigenvalue weighted by molar-refractivity contribution is -0.142. The Labute approximate surface area is 160 Å². The van der Waals surface area contributed by atoms with E-state index in [1.165, 1.54) is 19.1 Å². The summed E-state index contributed by atoms with van der Waals surface area (Å²) in [6, 6.07) is 5.18. The predicted molar refractivity (Wildman–Crippen MR) is 98.2 cm³/mol. The van der Waals surface area contributed by atoms with Gasteiger partial charge >= 0.3 is 5.97 Å². The van der Waals surface area contributed by atoms with E-state index in [1.54, 1.807) is 29.8 Å². The first-order chi connectivity index (χ1) is 11.8. The van der Waals surface area contributed by atoms with Crippen LogP contribution >= 0.6 is 34.8 Å². The van der Waals surface area contributed by atoms with Gasteiger partial charge in [0.05, 0.1) is 12.2 Å². The Hall–Kier alpha value is -1.82. The molecule has 0 atom stereocenters. The summed E-state index contributed by atoms with van der Waals surface area (Å²) in [5, 5.41) is 5.78. The highest BCUT2D eigenvalue weighted by atomic mass is 35.5. The van der Waals surface area contributed by atoms with E-state index in [0.717, 1.165) is 5.56 Å². The van der Waals surface area contributed by atoms with Crippen molar-refractivity contribution in [3.63, 3.8) is 0 Å². The zero-order valence-corrected chi connectivity index (χ0v) is 15.8. The lowest BCUT2D eigenvalue weighted by atomic mass is 10.2. The van der Waals surface area contributed by atoms with Crippen LogP contribution in [-0.4, -0.2) is 28.1 Å². The summed E-state index contributed by atoms with van der Waals surface area (Å²) >= 11 is 18.4. The lowest BCUT2D eigenvalue weighted by Crippen LogP contribution is -2.08. The summed E-state index contributed by atoms with van der Waals surface area (Å²) in [5.41, 5.74) is 2.05. The van der Waals surface area contributed by atoms with Crippen molar-refractivity contribution in [1.29, 1.82) is 0 Å². The maximum Gasteiger partial charge on any atom is 0.331 e. The molecular formula is C17H15Cl3N2O3. The highest BCUT2D eigenvalue weighted by molar-refractivity contribution is 6.35. The molecule has 8 heteroatoms. The summed E-state index contributed by atoms with van der Waals surface area (Å²) in [7, 11) is 0. The molecule has 0 amide bonds. The largest absolute Gasteiger partial charge is 0.455 e. The van der Waals surface area contributed by atoms with Gasteiger partial charge in [0.25, 0.3) is 0 Å². The number of hydrogen-bond acceptors (Lipinski definition) is 4. The fraction of sp³-hybridized carbons (Fsp3) is 0.235. The lowest BCUT2D eigenvalue weighted by Gasteiger charge is -2.06. The number of halogens is 3. The minimum Gasteiger partial charge on any atom is -0.455 e. The van der Waals surface area contributed by atoms with E-state index in [1.807, 2.05) is 0 Å². The van der Waals surface area contributed by atoms with E-state index in [4.69, 9.17) is 39.5 Å². The Kier molecular flexibility index (Phi) is 6.64. The molecule has 132 valence electrons. The average Bonchev–Trinajstić information content (AvgIpc) is 2.80. The first-order valence-electron chi connectivity index (χ1n) is 7.29. The normalized spacial score (nSPS) is 11.1. The minimum atomic E-state index is -0.626. The van der Waals surface area contributed by atoms with E-state index < -0.39 is 5.97 Å². The second-order valence-electron chi connectivity index (χ2n) is 5.33. The SMILES string of the molecule is CC(=O)COC(=O)/C=C/c1c(C)nn(Cc2ccc(Cl)cc2Cl)c1Cl. The van der Waals surface area contributed by atoms with Gasteiger partial charge in [-0.2, -0.15) is 5.10 Å². The minimum absolute atomic E-state index is 0.233. The summed E-state index contributed by atoms with van der Waals surface area (Å²) in [4.78, 5) is 22.4.